The second-order valence-electron chi connectivity index (χ2n) is 14.0. The number of aromatic nitrogens is 8. The molecule has 23 nitrogen and oxygen atoms in total. The predicted octanol–water partition coefficient (Wildman–Crippen LogP) is 6.75. The van der Waals surface area contributed by atoms with Crippen LogP contribution in [0.2, 0.25) is 0 Å². The van der Waals surface area contributed by atoms with E-state index in [2.05, 4.69) is 63.6 Å². The molecular weight excluding hydrogens is 989 g/mol. The van der Waals surface area contributed by atoms with Crippen LogP contribution in [0.1, 0.15) is 54.1 Å². The van der Waals surface area contributed by atoms with Gasteiger partial charge in [-0.2, -0.15) is 0 Å². The third-order valence-corrected chi connectivity index (χ3v) is 8.23. The van der Waals surface area contributed by atoms with Gasteiger partial charge in [0.2, 0.25) is 0 Å². The van der Waals surface area contributed by atoms with Crippen molar-refractivity contribution in [1.29, 1.82) is 0 Å². The molecule has 8 rings (SSSR count). The molecule has 8 heterocycles. The summed E-state index contributed by atoms with van der Waals surface area (Å²) >= 11 is 0. The van der Waals surface area contributed by atoms with Crippen LogP contribution in [0.4, 0.5) is 0 Å². The monoisotopic (exact) mass is 1040 g/mol. The van der Waals surface area contributed by atoms with Crippen LogP contribution < -0.4 is 23.7 Å². The lowest BCUT2D eigenvalue weighted by molar-refractivity contribution is -0.121. The number of ether oxygens (including phenoxy) is 5. The fraction of sp³-hybridized carbons (Fsp3) is 0.113. The molecule has 0 atom stereocenters. The quantitative estimate of drug-likeness (QED) is 0.119. The van der Waals surface area contributed by atoms with Crippen molar-refractivity contribution in [2.24, 2.45) is 0 Å². The number of hydrogen-bond acceptors (Lipinski definition) is 20. The lowest BCUT2D eigenvalue weighted by atomic mass is 10.1. The Morgan fingerprint density at radius 3 is 1.22 bits per heavy atom. The Bertz CT molecular complexity index is 2810. The van der Waals surface area contributed by atoms with Crippen LogP contribution in [0.3, 0.4) is 0 Å². The Morgan fingerprint density at radius 2 is 0.816 bits per heavy atom. The van der Waals surface area contributed by atoms with Gasteiger partial charge in [-0.25, -0.2) is 9.59 Å². The lowest BCUT2D eigenvalue weighted by Crippen LogP contribution is -2.05. The number of pyridine rings is 8. The number of carboxylic acids is 2. The first kappa shape index (κ1) is 65.4. The first-order valence-corrected chi connectivity index (χ1v) is 21.4. The van der Waals surface area contributed by atoms with Gasteiger partial charge < -0.3 is 39.4 Å². The van der Waals surface area contributed by atoms with E-state index >= 15 is 0 Å². The van der Waals surface area contributed by atoms with Crippen LogP contribution in [0.25, 0.3) is 0 Å². The summed E-state index contributed by atoms with van der Waals surface area (Å²) in [6, 6.07) is 19.6. The Hall–Kier alpha value is -10.6. The van der Waals surface area contributed by atoms with E-state index in [9.17, 15) is 33.6 Å². The zero-order valence-electron chi connectivity index (χ0n) is 41.8. The number of nitrogens with zero attached hydrogens (tertiary/aromatic N) is 8. The maximum atomic E-state index is 10.7. The molecular formula is C53H54N8O15. The number of carbonyl (C=O) groups is 7. The summed E-state index contributed by atoms with van der Waals surface area (Å²) < 4.78 is 22.5. The molecule has 0 aliphatic heterocycles. The van der Waals surface area contributed by atoms with Gasteiger partial charge in [-0.3, -0.25) is 63.8 Å². The van der Waals surface area contributed by atoms with E-state index in [1.54, 1.807) is 93.6 Å². The summed E-state index contributed by atoms with van der Waals surface area (Å²) in [5.41, 5.74) is 5.76. The Balaban J connectivity index is 0.000000849. The Morgan fingerprint density at radius 1 is 0.382 bits per heavy atom. The highest BCUT2D eigenvalue weighted by atomic mass is 16.5. The summed E-state index contributed by atoms with van der Waals surface area (Å²) in [7, 11) is 0. The van der Waals surface area contributed by atoms with Gasteiger partial charge in [-0.15, -0.1) is 0 Å². The number of rotatable bonds is 12. The van der Waals surface area contributed by atoms with Gasteiger partial charge in [0.15, 0.2) is 11.5 Å². The zero-order valence-corrected chi connectivity index (χ0v) is 41.8. The van der Waals surface area contributed by atoms with E-state index in [-0.39, 0.29) is 23.3 Å². The molecule has 8 aromatic heterocycles. The first-order chi connectivity index (χ1) is 36.2. The molecule has 0 radical (unpaired) electrons. The maximum Gasteiger partial charge on any atom is 0.339 e. The molecule has 4 N–H and O–H groups in total. The van der Waals surface area contributed by atoms with Crippen LogP contribution in [-0.2, 0) is 24.0 Å². The van der Waals surface area contributed by atoms with Crippen molar-refractivity contribution < 1.29 is 72.9 Å². The molecule has 0 saturated carbocycles. The lowest BCUT2D eigenvalue weighted by Gasteiger charge is -2.04. The summed E-state index contributed by atoms with van der Waals surface area (Å²) in [5.74, 6) is -0.161. The van der Waals surface area contributed by atoms with Gasteiger partial charge in [0, 0.05) is 68.2 Å². The molecule has 23 heteroatoms. The van der Waals surface area contributed by atoms with Crippen molar-refractivity contribution in [1.82, 2.24) is 39.9 Å². The van der Waals surface area contributed by atoms with E-state index in [0.717, 1.165) is 11.1 Å². The SMILES string of the molecule is Cc1cccnc1.Cc1ccncc1.Cc1ccncc1OC=O.Cc1cncc(OC=O)c1.Cc1cncc(OC=O)c1C(=O)O.Cc1cnccc1C(=O)O.O.O=COc1cccnc1.O=COc1cccnc1. The van der Waals surface area contributed by atoms with Gasteiger partial charge in [0.05, 0.1) is 36.5 Å². The highest BCUT2D eigenvalue weighted by molar-refractivity contribution is 5.92. The Kier molecular flexibility index (Phi) is 35.4. The average molecular weight is 1040 g/mol. The average Bonchev–Trinajstić information content (AvgIpc) is 3.40. The fourth-order valence-corrected chi connectivity index (χ4v) is 4.76. The molecule has 8 aromatic rings. The van der Waals surface area contributed by atoms with Gasteiger partial charge in [0.25, 0.3) is 32.4 Å². The minimum absolute atomic E-state index is 0. The maximum absolute atomic E-state index is 10.7. The summed E-state index contributed by atoms with van der Waals surface area (Å²) in [6.07, 6.45) is 25.2. The number of carbonyl (C=O) groups excluding carboxylic acids is 5. The molecule has 0 aromatic carbocycles. The van der Waals surface area contributed by atoms with E-state index in [1.165, 1.54) is 66.8 Å². The highest BCUT2D eigenvalue weighted by Crippen LogP contribution is 2.19. The van der Waals surface area contributed by atoms with Crippen molar-refractivity contribution in [3.63, 3.8) is 0 Å². The third kappa shape index (κ3) is 30.2. The molecule has 0 saturated heterocycles. The minimum atomic E-state index is -1.14. The van der Waals surface area contributed by atoms with Crippen molar-refractivity contribution in [2.45, 2.75) is 41.5 Å². The van der Waals surface area contributed by atoms with Crippen molar-refractivity contribution in [2.75, 3.05) is 0 Å². The highest BCUT2D eigenvalue weighted by Gasteiger charge is 2.14. The fourth-order valence-electron chi connectivity index (χ4n) is 4.76. The van der Waals surface area contributed by atoms with Crippen LogP contribution >= 0.6 is 0 Å². The van der Waals surface area contributed by atoms with Crippen molar-refractivity contribution in [3.8, 4) is 28.7 Å². The van der Waals surface area contributed by atoms with E-state index in [4.69, 9.17) is 10.2 Å². The molecule has 0 unspecified atom stereocenters. The second kappa shape index (κ2) is 41.1. The van der Waals surface area contributed by atoms with E-state index in [1.807, 2.05) is 58.2 Å². The van der Waals surface area contributed by atoms with Gasteiger partial charge >= 0.3 is 11.9 Å². The molecule has 0 aliphatic rings. The molecule has 0 fully saturated rings. The number of aryl methyl sites for hydroxylation is 6. The normalized spacial score (nSPS) is 8.76. The van der Waals surface area contributed by atoms with E-state index in [0.29, 0.717) is 65.6 Å². The summed E-state index contributed by atoms with van der Waals surface area (Å²) in [6.45, 7) is 12.8. The van der Waals surface area contributed by atoms with Crippen LogP contribution in [0.15, 0.2) is 166 Å². The number of carboxylic acid groups (broad SMARTS) is 2. The number of aromatic carboxylic acids is 2. The molecule has 76 heavy (non-hydrogen) atoms. The second-order valence-corrected chi connectivity index (χ2v) is 14.0. The Labute approximate surface area is 436 Å². The van der Waals surface area contributed by atoms with E-state index < -0.39 is 11.9 Å². The van der Waals surface area contributed by atoms with Crippen LogP contribution in [0, 0.1) is 41.5 Å². The van der Waals surface area contributed by atoms with Gasteiger partial charge in [-0.05, 0) is 136 Å². The standard InChI is InChI=1S/C8H7NO4.3C7H7NO2.2C6H5NO2.2C6H7N.H2O/c1-5-2-9-3-6(13-4-10)7(5)8(11)12;1-6-2-7(10-5-9)4-8-3-6;1-6-2-3-8-4-7(6)10-5-9;1-5-4-8-3-2-6(5)7(9)10;2*8-5-9-6-2-1-3-7-4-6;1-6-2-4-7-5-3-6;1-6-3-2-4-7-5-6;/h2-4H,1H3,(H,11,12);2*2-5H,1H3;2-4H,1H3,(H,9,10);2*1-5H;2*2-5H,1H3;1H2. The molecule has 0 aliphatic carbocycles. The van der Waals surface area contributed by atoms with Gasteiger partial charge in [0.1, 0.15) is 22.8 Å². The van der Waals surface area contributed by atoms with Crippen LogP contribution in [0.5, 0.6) is 28.7 Å². The molecule has 0 spiro atoms. The molecule has 396 valence electrons. The predicted molar refractivity (Wildman–Crippen MR) is 273 cm³/mol. The summed E-state index contributed by atoms with van der Waals surface area (Å²) in [4.78, 5) is 100. The van der Waals surface area contributed by atoms with Crippen molar-refractivity contribution >= 4 is 44.3 Å². The number of hydrogen-bond donors (Lipinski definition) is 2. The zero-order chi connectivity index (χ0) is 55.5. The van der Waals surface area contributed by atoms with Crippen LogP contribution in [-0.4, -0.2) is 99.9 Å². The topological polar surface area (TPSA) is 341 Å². The summed E-state index contributed by atoms with van der Waals surface area (Å²) in [5, 5.41) is 17.3. The molecule has 0 amide bonds. The smallest absolute Gasteiger partial charge is 0.339 e. The van der Waals surface area contributed by atoms with Gasteiger partial charge in [-0.1, -0.05) is 6.07 Å². The first-order valence-electron chi connectivity index (χ1n) is 21.4. The third-order valence-electron chi connectivity index (χ3n) is 8.23. The largest absolute Gasteiger partial charge is 0.478 e. The molecule has 0 bridgehead atoms. The minimum Gasteiger partial charge on any atom is -0.478 e. The van der Waals surface area contributed by atoms with Crippen molar-refractivity contribution in [3.05, 3.63) is 210 Å².